The van der Waals surface area contributed by atoms with E-state index in [1.807, 2.05) is 4.90 Å². The van der Waals surface area contributed by atoms with Gasteiger partial charge in [0, 0.05) is 26.2 Å². The molecule has 0 radical (unpaired) electrons. The molecule has 0 aliphatic carbocycles. The molecule has 0 saturated carbocycles. The van der Waals surface area contributed by atoms with Gasteiger partial charge in [0.25, 0.3) is 0 Å². The van der Waals surface area contributed by atoms with Crippen LogP contribution in [0.5, 0.6) is 0 Å². The summed E-state index contributed by atoms with van der Waals surface area (Å²) in [6, 6.07) is 0. The minimum Gasteiger partial charge on any atom is -0.375 e. The molecule has 2 rings (SSSR count). The number of carbonyl (C=O) groups excluding carboxylic acids is 1. The monoisotopic (exact) mass is 326 g/mol. The van der Waals surface area contributed by atoms with E-state index in [1.165, 1.54) is 38.5 Å². The summed E-state index contributed by atoms with van der Waals surface area (Å²) in [5.74, 6) is 0.271. The normalized spacial score (nSPS) is 21.9. The number of amides is 1. The molecule has 0 aromatic heterocycles. The van der Waals surface area contributed by atoms with Crippen molar-refractivity contribution in [2.24, 2.45) is 0 Å². The van der Waals surface area contributed by atoms with Gasteiger partial charge in [0.05, 0.1) is 19.1 Å². The van der Waals surface area contributed by atoms with E-state index in [0.29, 0.717) is 6.42 Å². The highest BCUT2D eigenvalue weighted by molar-refractivity contribution is 5.77. The molecule has 0 aromatic carbocycles. The molecule has 0 bridgehead atoms. The second-order valence-electron chi connectivity index (χ2n) is 6.96. The minimum absolute atomic E-state index is 0.108. The fourth-order valence-corrected chi connectivity index (χ4v) is 3.13. The fraction of sp³-hybridized carbons (Fsp3) is 0.947. The summed E-state index contributed by atoms with van der Waals surface area (Å²) < 4.78 is 5.59. The van der Waals surface area contributed by atoms with Crippen molar-refractivity contribution in [2.45, 2.75) is 77.7 Å². The van der Waals surface area contributed by atoms with Crippen LogP contribution in [0.15, 0.2) is 0 Å². The van der Waals surface area contributed by atoms with Crippen LogP contribution in [0.4, 0.5) is 0 Å². The van der Waals surface area contributed by atoms with E-state index in [4.69, 9.17) is 4.74 Å². The van der Waals surface area contributed by atoms with Crippen molar-refractivity contribution < 1.29 is 9.53 Å². The Morgan fingerprint density at radius 3 is 2.13 bits per heavy atom. The summed E-state index contributed by atoms with van der Waals surface area (Å²) in [6.07, 6.45) is 11.5. The molecule has 1 atom stereocenters. The van der Waals surface area contributed by atoms with Crippen molar-refractivity contribution in [3.8, 4) is 0 Å². The second kappa shape index (κ2) is 12.8. The molecular weight excluding hydrogens is 288 g/mol. The largest absolute Gasteiger partial charge is 0.375 e. The third kappa shape index (κ3) is 9.31. The van der Waals surface area contributed by atoms with E-state index in [9.17, 15) is 4.79 Å². The van der Waals surface area contributed by atoms with E-state index >= 15 is 0 Å². The van der Waals surface area contributed by atoms with E-state index in [0.717, 1.165) is 45.6 Å². The Bertz CT molecular complexity index is 298. The lowest BCUT2D eigenvalue weighted by molar-refractivity contribution is -0.134. The summed E-state index contributed by atoms with van der Waals surface area (Å²) in [4.78, 5) is 16.0. The first-order valence-electron chi connectivity index (χ1n) is 9.75. The highest BCUT2D eigenvalue weighted by Gasteiger charge is 2.24. The zero-order valence-corrected chi connectivity index (χ0v) is 15.7. The van der Waals surface area contributed by atoms with Gasteiger partial charge in [-0.15, -0.1) is 0 Å². The van der Waals surface area contributed by atoms with Gasteiger partial charge in [-0.1, -0.05) is 52.4 Å². The van der Waals surface area contributed by atoms with Crippen LogP contribution < -0.4 is 0 Å². The third-order valence-corrected chi connectivity index (χ3v) is 4.66. The van der Waals surface area contributed by atoms with Gasteiger partial charge in [-0.05, 0) is 19.9 Å². The Morgan fingerprint density at radius 2 is 1.61 bits per heavy atom. The smallest absolute Gasteiger partial charge is 0.225 e. The van der Waals surface area contributed by atoms with Gasteiger partial charge in [-0.3, -0.25) is 4.79 Å². The Morgan fingerprint density at radius 1 is 1.00 bits per heavy atom. The fourth-order valence-electron chi connectivity index (χ4n) is 3.13. The van der Waals surface area contributed by atoms with E-state index < -0.39 is 0 Å². The van der Waals surface area contributed by atoms with Crippen LogP contribution in [0.1, 0.15) is 71.6 Å². The average molecular weight is 327 g/mol. The van der Waals surface area contributed by atoms with Crippen molar-refractivity contribution >= 4 is 5.91 Å². The van der Waals surface area contributed by atoms with Crippen LogP contribution in [0.2, 0.25) is 0 Å². The topological polar surface area (TPSA) is 32.8 Å². The summed E-state index contributed by atoms with van der Waals surface area (Å²) >= 11 is 0. The van der Waals surface area contributed by atoms with Crippen LogP contribution in [0, 0.1) is 0 Å². The Kier molecular flexibility index (Phi) is 11.3. The molecule has 1 amide bonds. The molecule has 0 spiro atoms. The molecule has 1 unspecified atom stereocenters. The van der Waals surface area contributed by atoms with Crippen molar-refractivity contribution in [1.82, 2.24) is 9.80 Å². The van der Waals surface area contributed by atoms with Crippen molar-refractivity contribution in [2.75, 3.05) is 39.8 Å². The van der Waals surface area contributed by atoms with Gasteiger partial charge >= 0.3 is 0 Å². The number of hydrogen-bond donors (Lipinski definition) is 0. The molecule has 2 heterocycles. The number of carbonyl (C=O) groups is 1. The van der Waals surface area contributed by atoms with Crippen LogP contribution in [0.25, 0.3) is 0 Å². The van der Waals surface area contributed by atoms with Crippen molar-refractivity contribution in [3.63, 3.8) is 0 Å². The highest BCUT2D eigenvalue weighted by Crippen LogP contribution is 2.13. The molecule has 0 N–H and O–H groups in total. The first-order chi connectivity index (χ1) is 11.2. The van der Waals surface area contributed by atoms with E-state index in [1.54, 1.807) is 0 Å². The number of likely N-dealkylation sites (tertiary alicyclic amines) is 1. The van der Waals surface area contributed by atoms with Crippen LogP contribution in [0.3, 0.4) is 0 Å². The van der Waals surface area contributed by atoms with Crippen LogP contribution >= 0.6 is 0 Å². The Balaban J connectivity index is 0.000000284. The summed E-state index contributed by atoms with van der Waals surface area (Å²) in [5.41, 5.74) is 0. The molecule has 4 heteroatoms. The average Bonchev–Trinajstić information content (AvgIpc) is 3.07. The number of rotatable bonds is 7. The maximum Gasteiger partial charge on any atom is 0.225 e. The molecule has 2 aliphatic heterocycles. The first kappa shape index (κ1) is 20.4. The lowest BCUT2D eigenvalue weighted by Crippen LogP contribution is -2.42. The number of morpholine rings is 1. The molecule has 2 fully saturated rings. The predicted molar refractivity (Wildman–Crippen MR) is 96.7 cm³/mol. The highest BCUT2D eigenvalue weighted by atomic mass is 16.5. The van der Waals surface area contributed by atoms with Crippen LogP contribution in [-0.4, -0.2) is 61.6 Å². The number of nitrogens with zero attached hydrogens (tertiary/aromatic N) is 2. The predicted octanol–water partition coefficient (Wildman–Crippen LogP) is 3.70. The lowest BCUT2D eigenvalue weighted by Gasteiger charge is -2.30. The summed E-state index contributed by atoms with van der Waals surface area (Å²) in [5, 5.41) is 0. The van der Waals surface area contributed by atoms with E-state index in [-0.39, 0.29) is 12.0 Å². The molecule has 136 valence electrons. The molecule has 0 aromatic rings. The molecular formula is C19H38N2O2. The molecule has 23 heavy (non-hydrogen) atoms. The van der Waals surface area contributed by atoms with Gasteiger partial charge in [-0.25, -0.2) is 0 Å². The quantitative estimate of drug-likeness (QED) is 0.669. The summed E-state index contributed by atoms with van der Waals surface area (Å²) in [7, 11) is 2.08. The van der Waals surface area contributed by atoms with E-state index in [2.05, 4.69) is 25.8 Å². The second-order valence-corrected chi connectivity index (χ2v) is 6.96. The third-order valence-electron chi connectivity index (χ3n) is 4.66. The Hall–Kier alpha value is -0.610. The summed E-state index contributed by atoms with van der Waals surface area (Å²) in [6.45, 7) is 9.03. The standard InChI is InChI=1S/C11H20N2O2.C8H18/c1-12-6-7-15-10(9-12)8-11(14)13-4-2-3-5-13;1-3-5-7-8-6-4-2/h10H,2-9H2,1H3;3-8H2,1-2H3. The van der Waals surface area contributed by atoms with Crippen molar-refractivity contribution in [1.29, 1.82) is 0 Å². The number of ether oxygens (including phenoxy) is 1. The number of unbranched alkanes of at least 4 members (excludes halogenated alkanes) is 5. The molecule has 2 aliphatic rings. The molecule has 2 saturated heterocycles. The van der Waals surface area contributed by atoms with Crippen LogP contribution in [-0.2, 0) is 9.53 Å². The lowest BCUT2D eigenvalue weighted by atomic mass is 10.1. The van der Waals surface area contributed by atoms with Gasteiger partial charge in [0.1, 0.15) is 0 Å². The number of likely N-dealkylation sites (N-methyl/N-ethyl adjacent to an activating group) is 1. The first-order valence-corrected chi connectivity index (χ1v) is 9.75. The minimum atomic E-state index is 0.108. The molecule has 4 nitrogen and oxygen atoms in total. The van der Waals surface area contributed by atoms with Gasteiger partial charge < -0.3 is 14.5 Å². The van der Waals surface area contributed by atoms with Gasteiger partial charge in [0.15, 0.2) is 0 Å². The van der Waals surface area contributed by atoms with Gasteiger partial charge in [-0.2, -0.15) is 0 Å². The zero-order chi connectivity index (χ0) is 16.9. The van der Waals surface area contributed by atoms with Gasteiger partial charge in [0.2, 0.25) is 5.91 Å². The SMILES string of the molecule is CCCCCCCC.CN1CCOC(CC(=O)N2CCCC2)C1. The zero-order valence-electron chi connectivity index (χ0n) is 15.7. The Labute approximate surface area is 143 Å². The van der Waals surface area contributed by atoms with Crippen molar-refractivity contribution in [3.05, 3.63) is 0 Å². The number of hydrogen-bond acceptors (Lipinski definition) is 3. The maximum absolute atomic E-state index is 11.8. The maximum atomic E-state index is 11.8.